The lowest BCUT2D eigenvalue weighted by Crippen LogP contribution is -2.34. The van der Waals surface area contributed by atoms with Gasteiger partial charge in [0.25, 0.3) is 5.92 Å². The van der Waals surface area contributed by atoms with Crippen molar-refractivity contribution in [1.29, 1.82) is 0 Å². The molecule has 7 heteroatoms. The maximum atomic E-state index is 14.0. The van der Waals surface area contributed by atoms with Crippen LogP contribution in [0.4, 0.5) is 14.6 Å². The minimum Gasteiger partial charge on any atom is -0.351 e. The third-order valence-electron chi connectivity index (χ3n) is 3.61. The molecule has 1 aliphatic heterocycles. The molecule has 0 amide bonds. The van der Waals surface area contributed by atoms with Gasteiger partial charge in [-0.05, 0) is 0 Å². The smallest absolute Gasteiger partial charge is 0.271 e. The van der Waals surface area contributed by atoms with Crippen LogP contribution in [0.2, 0.25) is 5.15 Å². The van der Waals surface area contributed by atoms with Gasteiger partial charge >= 0.3 is 0 Å². The molecule has 1 saturated heterocycles. The van der Waals surface area contributed by atoms with Gasteiger partial charge in [0.05, 0.1) is 6.54 Å². The van der Waals surface area contributed by atoms with Gasteiger partial charge < -0.3 is 4.90 Å². The van der Waals surface area contributed by atoms with E-state index in [0.29, 0.717) is 11.6 Å². The van der Waals surface area contributed by atoms with Crippen molar-refractivity contribution < 1.29 is 8.78 Å². The van der Waals surface area contributed by atoms with Crippen LogP contribution < -0.4 is 4.90 Å². The zero-order chi connectivity index (χ0) is 13.8. The first kappa shape index (κ1) is 12.6. The maximum absolute atomic E-state index is 14.0. The molecule has 1 aliphatic rings. The van der Waals surface area contributed by atoms with Gasteiger partial charge in [-0.2, -0.15) is 0 Å². The van der Waals surface area contributed by atoms with Gasteiger partial charge in [-0.15, -0.1) is 0 Å². The molecule has 0 N–H and O–H groups in total. The lowest BCUT2D eigenvalue weighted by molar-refractivity contribution is -0.0642. The highest BCUT2D eigenvalue weighted by Gasteiger charge is 2.54. The van der Waals surface area contributed by atoms with E-state index in [-0.39, 0.29) is 18.2 Å². The Morgan fingerprint density at radius 2 is 2.05 bits per heavy atom. The van der Waals surface area contributed by atoms with E-state index < -0.39 is 11.3 Å². The summed E-state index contributed by atoms with van der Waals surface area (Å²) >= 11 is 5.92. The Balaban J connectivity index is 2.09. The summed E-state index contributed by atoms with van der Waals surface area (Å²) in [5.74, 6) is -1.73. The molecule has 3 heterocycles. The molecule has 0 unspecified atom stereocenters. The van der Waals surface area contributed by atoms with E-state index in [1.165, 1.54) is 0 Å². The summed E-state index contributed by atoms with van der Waals surface area (Å²) in [5.41, 5.74) is -1.07. The average Bonchev–Trinajstić information content (AvgIpc) is 2.80. The minimum atomic E-state index is -2.74. The van der Waals surface area contributed by atoms with Crippen LogP contribution in [0.25, 0.3) is 5.78 Å². The molecule has 0 atom stereocenters. The van der Waals surface area contributed by atoms with Crippen molar-refractivity contribution in [3.8, 4) is 0 Å². The van der Waals surface area contributed by atoms with Gasteiger partial charge in [0.1, 0.15) is 11.0 Å². The van der Waals surface area contributed by atoms with E-state index in [1.807, 2.05) is 0 Å². The molecule has 0 saturated carbocycles. The Hall–Kier alpha value is -1.43. The highest BCUT2D eigenvalue weighted by molar-refractivity contribution is 6.29. The quantitative estimate of drug-likeness (QED) is 0.756. The number of hydrogen-bond acceptors (Lipinski definition) is 3. The Kier molecular flexibility index (Phi) is 2.51. The van der Waals surface area contributed by atoms with E-state index in [9.17, 15) is 8.78 Å². The number of rotatable bonds is 1. The molecule has 4 nitrogen and oxygen atoms in total. The van der Waals surface area contributed by atoms with E-state index >= 15 is 0 Å². The number of alkyl halides is 2. The first-order chi connectivity index (χ1) is 8.80. The molecular formula is C12H13ClF2N4. The first-order valence-corrected chi connectivity index (χ1v) is 6.30. The topological polar surface area (TPSA) is 33.4 Å². The Morgan fingerprint density at radius 1 is 1.32 bits per heavy atom. The van der Waals surface area contributed by atoms with Crippen molar-refractivity contribution >= 4 is 23.2 Å². The molecule has 2 aromatic heterocycles. The highest BCUT2D eigenvalue weighted by Crippen LogP contribution is 2.44. The first-order valence-electron chi connectivity index (χ1n) is 5.93. The zero-order valence-electron chi connectivity index (χ0n) is 10.6. The summed E-state index contributed by atoms with van der Waals surface area (Å²) in [6.45, 7) is 3.07. The van der Waals surface area contributed by atoms with E-state index in [4.69, 9.17) is 11.6 Å². The summed E-state index contributed by atoms with van der Waals surface area (Å²) in [6, 6.07) is 1.59. The summed E-state index contributed by atoms with van der Waals surface area (Å²) in [5, 5.41) is 0.252. The molecular weight excluding hydrogens is 274 g/mol. The van der Waals surface area contributed by atoms with Gasteiger partial charge in [0, 0.05) is 30.4 Å². The normalized spacial score (nSPS) is 21.2. The highest BCUT2D eigenvalue weighted by atomic mass is 35.5. The average molecular weight is 287 g/mol. The summed E-state index contributed by atoms with van der Waals surface area (Å²) < 4.78 is 29.6. The Labute approximate surface area is 114 Å². The molecule has 3 rings (SSSR count). The van der Waals surface area contributed by atoms with Crippen molar-refractivity contribution in [2.45, 2.75) is 19.8 Å². The second-order valence-electron chi connectivity index (χ2n) is 5.48. The number of halogens is 3. The van der Waals surface area contributed by atoms with Gasteiger partial charge in [0.2, 0.25) is 5.78 Å². The number of anilines is 1. The third-order valence-corrected chi connectivity index (χ3v) is 3.81. The number of nitrogens with zero attached hydrogens (tertiary/aromatic N) is 4. The van der Waals surface area contributed by atoms with Crippen LogP contribution in [0.15, 0.2) is 18.5 Å². The van der Waals surface area contributed by atoms with Crippen LogP contribution in [0, 0.1) is 5.41 Å². The largest absolute Gasteiger partial charge is 0.351 e. The number of hydrogen-bond donors (Lipinski definition) is 0. The number of imidazole rings is 1. The lowest BCUT2D eigenvalue weighted by Gasteiger charge is -2.24. The van der Waals surface area contributed by atoms with Crippen molar-refractivity contribution in [3.05, 3.63) is 23.6 Å². The Bertz CT molecular complexity index is 622. The van der Waals surface area contributed by atoms with Crippen molar-refractivity contribution in [2.24, 2.45) is 5.41 Å². The molecule has 2 aromatic rings. The van der Waals surface area contributed by atoms with Crippen LogP contribution in [0.5, 0.6) is 0 Å². The van der Waals surface area contributed by atoms with E-state index in [0.717, 1.165) is 0 Å². The fraction of sp³-hybridized carbons (Fsp3) is 0.500. The van der Waals surface area contributed by atoms with Crippen LogP contribution in [-0.2, 0) is 0 Å². The SMILES string of the molecule is CC1(C)CN(c2cc(Cl)nc3nccn23)CC1(F)F. The van der Waals surface area contributed by atoms with Crippen LogP contribution in [-0.4, -0.2) is 33.4 Å². The van der Waals surface area contributed by atoms with Gasteiger partial charge in [-0.25, -0.2) is 18.7 Å². The predicted molar refractivity (Wildman–Crippen MR) is 68.9 cm³/mol. The summed E-state index contributed by atoms with van der Waals surface area (Å²) in [7, 11) is 0. The van der Waals surface area contributed by atoms with Crippen LogP contribution >= 0.6 is 11.6 Å². The summed E-state index contributed by atoms with van der Waals surface area (Å²) in [4.78, 5) is 9.71. The monoisotopic (exact) mass is 286 g/mol. The number of fused-ring (bicyclic) bond motifs is 1. The fourth-order valence-corrected chi connectivity index (χ4v) is 2.54. The van der Waals surface area contributed by atoms with Crippen LogP contribution in [0.1, 0.15) is 13.8 Å². The lowest BCUT2D eigenvalue weighted by atomic mass is 9.89. The zero-order valence-corrected chi connectivity index (χ0v) is 11.3. The van der Waals surface area contributed by atoms with E-state index in [2.05, 4.69) is 9.97 Å². The van der Waals surface area contributed by atoms with Gasteiger partial charge in [-0.1, -0.05) is 25.4 Å². The third kappa shape index (κ3) is 1.85. The fourth-order valence-electron chi connectivity index (χ4n) is 2.37. The molecule has 0 bridgehead atoms. The molecule has 1 fully saturated rings. The molecule has 0 radical (unpaired) electrons. The van der Waals surface area contributed by atoms with E-state index in [1.54, 1.807) is 41.6 Å². The minimum absolute atomic E-state index is 0.252. The predicted octanol–water partition coefficient (Wildman–Crippen LogP) is 2.86. The molecule has 102 valence electrons. The molecule has 0 spiro atoms. The van der Waals surface area contributed by atoms with Gasteiger partial charge in [-0.3, -0.25) is 4.40 Å². The van der Waals surface area contributed by atoms with Crippen LogP contribution in [0.3, 0.4) is 0 Å². The van der Waals surface area contributed by atoms with Crippen molar-refractivity contribution in [2.75, 3.05) is 18.0 Å². The Morgan fingerprint density at radius 3 is 2.68 bits per heavy atom. The summed E-state index contributed by atoms with van der Waals surface area (Å²) in [6.07, 6.45) is 3.26. The second kappa shape index (κ2) is 3.79. The standard InChI is InChI=1S/C12H13ClF2N4/c1-11(2)6-18(7-12(11,14)15)9-5-8(13)17-10-16-3-4-19(9)10/h3-5H,6-7H2,1-2H3. The number of aromatic nitrogens is 3. The second-order valence-corrected chi connectivity index (χ2v) is 5.87. The maximum Gasteiger partial charge on any atom is 0.271 e. The van der Waals surface area contributed by atoms with Crippen molar-refractivity contribution in [3.63, 3.8) is 0 Å². The molecule has 0 aromatic carbocycles. The van der Waals surface area contributed by atoms with Gasteiger partial charge in [0.15, 0.2) is 0 Å². The molecule has 0 aliphatic carbocycles. The molecule has 19 heavy (non-hydrogen) atoms. The van der Waals surface area contributed by atoms with Crippen molar-refractivity contribution in [1.82, 2.24) is 14.4 Å².